The smallest absolute Gasteiger partial charge is 0.406 e. The number of halogens is 5. The third-order valence-corrected chi connectivity index (χ3v) is 5.31. The van der Waals surface area contributed by atoms with Crippen molar-refractivity contribution in [2.24, 2.45) is 0 Å². The number of ketones is 1. The van der Waals surface area contributed by atoms with Gasteiger partial charge in [-0.15, -0.1) is 13.2 Å². The van der Waals surface area contributed by atoms with E-state index in [1.807, 2.05) is 0 Å². The lowest BCUT2D eigenvalue weighted by Crippen LogP contribution is -2.17. The molecule has 32 heavy (non-hydrogen) atoms. The lowest BCUT2D eigenvalue weighted by molar-refractivity contribution is -0.274. The molecule has 0 saturated heterocycles. The zero-order valence-corrected chi connectivity index (χ0v) is 17.4. The summed E-state index contributed by atoms with van der Waals surface area (Å²) >= 11 is 6.93. The van der Waals surface area contributed by atoms with E-state index in [2.05, 4.69) is 19.4 Å². The normalized spacial score (nSPS) is 11.5. The highest BCUT2D eigenvalue weighted by Crippen LogP contribution is 2.30. The second-order valence-corrected chi connectivity index (χ2v) is 7.82. The Morgan fingerprint density at radius 2 is 1.94 bits per heavy atom. The number of hydrogen-bond donors (Lipinski definition) is 2. The number of alkyl halides is 3. The fourth-order valence-electron chi connectivity index (χ4n) is 2.93. The van der Waals surface area contributed by atoms with E-state index in [9.17, 15) is 22.4 Å². The molecule has 0 aliphatic carbocycles. The monoisotopic (exact) mass is 481 g/mol. The maximum atomic E-state index is 14.4. The lowest BCUT2D eigenvalue weighted by Gasteiger charge is -2.11. The Morgan fingerprint density at radius 3 is 2.72 bits per heavy atom. The zero-order valence-electron chi connectivity index (χ0n) is 15.8. The number of carbonyl (C=O) groups excluding carboxylic acids is 1. The maximum Gasteiger partial charge on any atom is 0.573 e. The molecule has 0 amide bonds. The average molecular weight is 482 g/mol. The van der Waals surface area contributed by atoms with Gasteiger partial charge in [0, 0.05) is 33.9 Å². The Balaban J connectivity index is 1.55. The Bertz CT molecular complexity index is 1310. The molecule has 0 aliphatic heterocycles. The standard InChI is InChI=1S/C21H12ClF4N3O2S/c22-11-6-15-17(10-28-20(15)27-9-11)19(30)16-7-12(4-5-18(16)23)29-32-14-3-1-2-13(8-14)31-21(24,25)26/h1-10,29H,(H,27,28). The van der Waals surface area contributed by atoms with Gasteiger partial charge in [0.05, 0.1) is 10.6 Å². The first kappa shape index (κ1) is 22.0. The Kier molecular flexibility index (Phi) is 5.98. The minimum absolute atomic E-state index is 0.189. The van der Waals surface area contributed by atoms with Crippen LogP contribution in [0, 0.1) is 5.82 Å². The van der Waals surface area contributed by atoms with Gasteiger partial charge in [-0.2, -0.15) is 0 Å². The molecule has 2 aromatic carbocycles. The largest absolute Gasteiger partial charge is 0.573 e. The Morgan fingerprint density at radius 1 is 1.12 bits per heavy atom. The summed E-state index contributed by atoms with van der Waals surface area (Å²) in [5, 5.41) is 0.784. The van der Waals surface area contributed by atoms with Crippen LogP contribution in [0.15, 0.2) is 65.8 Å². The topological polar surface area (TPSA) is 67.0 Å². The number of pyridine rings is 1. The number of ether oxygens (including phenoxy) is 1. The summed E-state index contributed by atoms with van der Waals surface area (Å²) in [4.78, 5) is 20.3. The van der Waals surface area contributed by atoms with E-state index in [-0.39, 0.29) is 16.9 Å². The predicted octanol–water partition coefficient (Wildman–Crippen LogP) is 6.60. The molecule has 0 saturated carbocycles. The first-order chi connectivity index (χ1) is 15.2. The van der Waals surface area contributed by atoms with Crippen LogP contribution in [0.4, 0.5) is 23.2 Å². The summed E-state index contributed by atoms with van der Waals surface area (Å²) < 4.78 is 58.4. The number of nitrogens with one attached hydrogen (secondary N) is 2. The number of hydrogen-bond acceptors (Lipinski definition) is 5. The van der Waals surface area contributed by atoms with Crippen LogP contribution >= 0.6 is 23.5 Å². The fraction of sp³-hybridized carbons (Fsp3) is 0.0476. The third-order valence-electron chi connectivity index (χ3n) is 4.28. The van der Waals surface area contributed by atoms with E-state index in [1.165, 1.54) is 42.7 Å². The van der Waals surface area contributed by atoms with Crippen LogP contribution in [0.25, 0.3) is 11.0 Å². The SMILES string of the molecule is O=C(c1cc(NSc2cccc(OC(F)(F)F)c2)ccc1F)c1c[nH]c2ncc(Cl)cc12. The molecule has 4 aromatic rings. The highest BCUT2D eigenvalue weighted by atomic mass is 35.5. The highest BCUT2D eigenvalue weighted by molar-refractivity contribution is 8.00. The number of H-pyrrole nitrogens is 1. The van der Waals surface area contributed by atoms with Gasteiger partial charge in [-0.3, -0.25) is 4.79 Å². The zero-order chi connectivity index (χ0) is 22.9. The van der Waals surface area contributed by atoms with E-state index in [4.69, 9.17) is 11.6 Å². The molecule has 164 valence electrons. The molecule has 0 aliphatic rings. The van der Waals surface area contributed by atoms with E-state index in [0.717, 1.165) is 18.0 Å². The van der Waals surface area contributed by atoms with Crippen LogP contribution in [-0.2, 0) is 0 Å². The molecule has 0 spiro atoms. The number of rotatable bonds is 6. The molecule has 4 rings (SSSR count). The maximum absolute atomic E-state index is 14.4. The van der Waals surface area contributed by atoms with Gasteiger partial charge in [0.1, 0.15) is 17.2 Å². The highest BCUT2D eigenvalue weighted by Gasteiger charge is 2.31. The van der Waals surface area contributed by atoms with Crippen LogP contribution < -0.4 is 9.46 Å². The first-order valence-corrected chi connectivity index (χ1v) is 10.1. The van der Waals surface area contributed by atoms with E-state index >= 15 is 0 Å². The van der Waals surface area contributed by atoms with Crippen molar-refractivity contribution in [1.82, 2.24) is 9.97 Å². The molecule has 2 aromatic heterocycles. The summed E-state index contributed by atoms with van der Waals surface area (Å²) in [6, 6.07) is 10.7. The van der Waals surface area contributed by atoms with Crippen molar-refractivity contribution >= 4 is 46.1 Å². The molecule has 0 unspecified atom stereocenters. The van der Waals surface area contributed by atoms with E-state index in [0.29, 0.717) is 26.6 Å². The summed E-state index contributed by atoms with van der Waals surface area (Å²) in [5.41, 5.74) is 0.822. The van der Waals surface area contributed by atoms with Gasteiger partial charge in [0.25, 0.3) is 0 Å². The molecule has 11 heteroatoms. The number of anilines is 1. The van der Waals surface area contributed by atoms with Crippen molar-refractivity contribution in [1.29, 1.82) is 0 Å². The average Bonchev–Trinajstić information content (AvgIpc) is 3.14. The number of benzene rings is 2. The Hall–Kier alpha value is -3.24. The predicted molar refractivity (Wildman–Crippen MR) is 114 cm³/mol. The molecular formula is C21H12ClF4N3O2S. The minimum atomic E-state index is -4.80. The van der Waals surface area contributed by atoms with Gasteiger partial charge in [-0.05, 0) is 54.4 Å². The number of nitrogens with zero attached hydrogens (tertiary/aromatic N) is 1. The number of carbonyl (C=O) groups is 1. The van der Waals surface area contributed by atoms with Crippen molar-refractivity contribution in [2.45, 2.75) is 11.3 Å². The second-order valence-electron chi connectivity index (χ2n) is 6.50. The molecule has 0 radical (unpaired) electrons. The molecule has 5 nitrogen and oxygen atoms in total. The Labute approximate surface area is 187 Å². The molecule has 0 bridgehead atoms. The lowest BCUT2D eigenvalue weighted by atomic mass is 10.0. The van der Waals surface area contributed by atoms with E-state index < -0.39 is 18.0 Å². The van der Waals surface area contributed by atoms with Crippen LogP contribution in [0.3, 0.4) is 0 Å². The molecular weight excluding hydrogens is 470 g/mol. The van der Waals surface area contributed by atoms with Gasteiger partial charge in [0.2, 0.25) is 0 Å². The van der Waals surface area contributed by atoms with Gasteiger partial charge in [0.15, 0.2) is 5.78 Å². The number of aromatic amines is 1. The van der Waals surface area contributed by atoms with Gasteiger partial charge >= 0.3 is 6.36 Å². The molecule has 0 atom stereocenters. The first-order valence-electron chi connectivity index (χ1n) is 8.95. The number of aromatic nitrogens is 2. The summed E-state index contributed by atoms with van der Waals surface area (Å²) in [6.07, 6.45) is -1.95. The summed E-state index contributed by atoms with van der Waals surface area (Å²) in [6.45, 7) is 0. The second kappa shape index (κ2) is 8.71. The third kappa shape index (κ3) is 4.97. The van der Waals surface area contributed by atoms with Crippen LogP contribution in [0.2, 0.25) is 5.02 Å². The van der Waals surface area contributed by atoms with Gasteiger partial charge < -0.3 is 14.4 Å². The van der Waals surface area contributed by atoms with Crippen LogP contribution in [0.5, 0.6) is 5.75 Å². The minimum Gasteiger partial charge on any atom is -0.406 e. The van der Waals surface area contributed by atoms with Crippen molar-refractivity contribution in [3.8, 4) is 5.75 Å². The molecule has 2 N–H and O–H groups in total. The summed E-state index contributed by atoms with van der Waals surface area (Å²) in [5.74, 6) is -1.67. The quantitative estimate of drug-likeness (QED) is 0.184. The van der Waals surface area contributed by atoms with Gasteiger partial charge in [-0.25, -0.2) is 9.37 Å². The fourth-order valence-corrected chi connectivity index (χ4v) is 3.77. The van der Waals surface area contributed by atoms with Crippen LogP contribution in [-0.4, -0.2) is 22.1 Å². The molecule has 0 fully saturated rings. The van der Waals surface area contributed by atoms with Crippen molar-refractivity contribution in [3.63, 3.8) is 0 Å². The van der Waals surface area contributed by atoms with Crippen molar-refractivity contribution in [3.05, 3.63) is 82.9 Å². The van der Waals surface area contributed by atoms with E-state index in [1.54, 1.807) is 12.1 Å². The van der Waals surface area contributed by atoms with Crippen molar-refractivity contribution in [2.75, 3.05) is 4.72 Å². The molecule has 2 heterocycles. The van der Waals surface area contributed by atoms with Gasteiger partial charge in [-0.1, -0.05) is 17.7 Å². The van der Waals surface area contributed by atoms with Crippen molar-refractivity contribution < 1.29 is 27.1 Å². The number of fused-ring (bicyclic) bond motifs is 1. The summed E-state index contributed by atoms with van der Waals surface area (Å²) in [7, 11) is 0. The van der Waals surface area contributed by atoms with Crippen LogP contribution in [0.1, 0.15) is 15.9 Å².